The van der Waals surface area contributed by atoms with Gasteiger partial charge < -0.3 is 4.98 Å². The van der Waals surface area contributed by atoms with Crippen LogP contribution in [0.1, 0.15) is 26.7 Å². The normalized spacial score (nSPS) is 12.1. The van der Waals surface area contributed by atoms with Gasteiger partial charge in [0.05, 0.1) is 0 Å². The van der Waals surface area contributed by atoms with Crippen LogP contribution >= 0.6 is 11.3 Å². The van der Waals surface area contributed by atoms with Crippen molar-refractivity contribution in [1.82, 2.24) is 9.97 Å². The minimum absolute atomic E-state index is 0. The summed E-state index contributed by atoms with van der Waals surface area (Å²) >= 11 is 0.107. The van der Waals surface area contributed by atoms with E-state index in [-0.39, 0.29) is 20.1 Å². The van der Waals surface area contributed by atoms with Gasteiger partial charge in [0.2, 0.25) is 0 Å². The van der Waals surface area contributed by atoms with E-state index in [1.165, 1.54) is 46.1 Å². The molecule has 0 spiro atoms. The zero-order valence-electron chi connectivity index (χ0n) is 28.2. The van der Waals surface area contributed by atoms with Gasteiger partial charge >= 0.3 is 99.8 Å². The van der Waals surface area contributed by atoms with Gasteiger partial charge in [-0.05, 0) is 43.9 Å². The summed E-state index contributed by atoms with van der Waals surface area (Å²) in [6, 6.07) is 44.6. The Labute approximate surface area is 299 Å². The van der Waals surface area contributed by atoms with E-state index in [1.807, 2.05) is 80.0 Å². The molecule has 0 aliphatic heterocycles. The molecule has 8 rings (SSSR count). The van der Waals surface area contributed by atoms with Crippen molar-refractivity contribution in [3.8, 4) is 22.5 Å². The summed E-state index contributed by atoms with van der Waals surface area (Å²) in [4.78, 5) is 9.18. The third kappa shape index (κ3) is 6.71. The smallest absolute Gasteiger partial charge is 0 e. The van der Waals surface area contributed by atoms with Crippen LogP contribution in [0.2, 0.25) is 17.3 Å². The van der Waals surface area contributed by atoms with Crippen molar-refractivity contribution >= 4 is 70.7 Å². The minimum atomic E-state index is -1.72. The van der Waals surface area contributed by atoms with E-state index in [2.05, 4.69) is 106 Å². The average Bonchev–Trinajstić information content (AvgIpc) is 3.47. The van der Waals surface area contributed by atoms with E-state index >= 15 is 0 Å². The molecule has 0 aliphatic carbocycles. The standard InChI is InChI=1S/C28H20NS.C14H16GeN.Ir/c1-17(2)20-14-15-29-25(16-20)24-9-5-8-22-23-13-12-19-11-10-18-6-3-4-7-21(18)26(19)28(23)30-27(22)24;1-15(2,3)13-9-10-14(16-11-13)12-7-5-4-6-8-12;/h3-8,10-17H,1-2H3;4-7,9-11H,1-3H3;/q2*-1;/i17D;;. The van der Waals surface area contributed by atoms with Crippen molar-refractivity contribution in [2.24, 2.45) is 0 Å². The zero-order chi connectivity index (χ0) is 32.8. The Balaban J connectivity index is 0.000000201. The fourth-order valence-electron chi connectivity index (χ4n) is 5.90. The molecule has 0 fully saturated rings. The van der Waals surface area contributed by atoms with Crippen LogP contribution in [0.5, 0.6) is 0 Å². The molecule has 5 heteroatoms. The predicted molar refractivity (Wildman–Crippen MR) is 202 cm³/mol. The van der Waals surface area contributed by atoms with Crippen molar-refractivity contribution in [1.29, 1.82) is 0 Å². The van der Waals surface area contributed by atoms with Crippen molar-refractivity contribution in [2.75, 3.05) is 0 Å². The van der Waals surface area contributed by atoms with Crippen LogP contribution in [0, 0.1) is 12.1 Å². The quantitative estimate of drug-likeness (QED) is 0.100. The molecule has 47 heavy (non-hydrogen) atoms. The molecule has 235 valence electrons. The van der Waals surface area contributed by atoms with Crippen molar-refractivity contribution < 1.29 is 21.5 Å². The third-order valence-corrected chi connectivity index (χ3v) is 14.0. The minimum Gasteiger partial charge on any atom is 0 e. The van der Waals surface area contributed by atoms with E-state index < -0.39 is 19.2 Å². The van der Waals surface area contributed by atoms with Crippen LogP contribution in [-0.2, 0) is 20.1 Å². The van der Waals surface area contributed by atoms with E-state index in [0.29, 0.717) is 0 Å². The third-order valence-electron chi connectivity index (χ3n) is 8.51. The van der Waals surface area contributed by atoms with Crippen molar-refractivity contribution in [3.05, 3.63) is 139 Å². The van der Waals surface area contributed by atoms with Gasteiger partial charge in [-0.15, -0.1) is 23.8 Å². The molecular formula is C42H36GeIrN2S-2. The first-order valence-electron chi connectivity index (χ1n) is 16.2. The molecule has 0 aliphatic rings. The van der Waals surface area contributed by atoms with Gasteiger partial charge in [-0.25, -0.2) is 0 Å². The number of thiophene rings is 1. The van der Waals surface area contributed by atoms with Gasteiger partial charge in [0.1, 0.15) is 0 Å². The summed E-state index contributed by atoms with van der Waals surface area (Å²) in [5, 5.41) is 7.64. The average molecular weight is 867 g/mol. The number of fused-ring (bicyclic) bond motifs is 7. The first-order chi connectivity index (χ1) is 22.6. The second kappa shape index (κ2) is 13.8. The van der Waals surface area contributed by atoms with Crippen molar-refractivity contribution in [3.63, 3.8) is 0 Å². The number of rotatable bonds is 4. The van der Waals surface area contributed by atoms with Crippen LogP contribution in [-0.4, -0.2) is 23.2 Å². The molecule has 0 bridgehead atoms. The van der Waals surface area contributed by atoms with Crippen LogP contribution < -0.4 is 4.40 Å². The molecule has 5 aromatic carbocycles. The number of benzene rings is 5. The van der Waals surface area contributed by atoms with E-state index in [1.54, 1.807) is 0 Å². The molecular weight excluding hydrogens is 829 g/mol. The Bertz CT molecular complexity index is 2370. The molecule has 0 saturated heterocycles. The number of hydrogen-bond acceptors (Lipinski definition) is 3. The molecule has 0 N–H and O–H groups in total. The second-order valence-electron chi connectivity index (χ2n) is 12.9. The first-order valence-corrected chi connectivity index (χ1v) is 23.8. The van der Waals surface area contributed by atoms with Crippen LogP contribution in [0.25, 0.3) is 64.2 Å². The van der Waals surface area contributed by atoms with Gasteiger partial charge in [0, 0.05) is 37.8 Å². The maximum absolute atomic E-state index is 8.41. The molecule has 0 amide bonds. The van der Waals surface area contributed by atoms with Crippen molar-refractivity contribution in [2.45, 2.75) is 37.0 Å². The SMILES string of the molecule is [2H]C(C)(C)c1ccnc(-c2[c-]ccc3c2sc2c3ccc3ccc4ccccc4c32)c1.[CH3][Ge]([CH3])([CH3])[c]1ccc(-c2[c-]cccc2)nc1.[Ir]. The number of pyridine rings is 2. The molecule has 1 radical (unpaired) electrons. The fraction of sp³-hybridized carbons (Fsp3) is 0.143. The van der Waals surface area contributed by atoms with Crippen LogP contribution in [0.3, 0.4) is 0 Å². The number of nitrogens with zero attached hydrogens (tertiary/aromatic N) is 2. The summed E-state index contributed by atoms with van der Waals surface area (Å²) < 4.78 is 12.4. The second-order valence-corrected chi connectivity index (χ2v) is 24.6. The molecule has 3 aromatic heterocycles. The van der Waals surface area contributed by atoms with E-state index in [0.717, 1.165) is 28.1 Å². The molecule has 0 atom stereocenters. The van der Waals surface area contributed by atoms with Crippen LogP contribution in [0.15, 0.2) is 122 Å². The fourth-order valence-corrected chi connectivity index (χ4v) is 9.45. The molecule has 2 nitrogen and oxygen atoms in total. The first kappa shape index (κ1) is 31.9. The maximum Gasteiger partial charge on any atom is 0 e. The summed E-state index contributed by atoms with van der Waals surface area (Å²) in [7, 11) is 0. The maximum atomic E-state index is 8.41. The number of hydrogen-bond donors (Lipinski definition) is 0. The Morgan fingerprint density at radius 3 is 2.21 bits per heavy atom. The summed E-state index contributed by atoms with van der Waals surface area (Å²) in [5.41, 5.74) is 4.93. The van der Waals surface area contributed by atoms with Gasteiger partial charge in [-0.2, -0.15) is 11.3 Å². The Hall–Kier alpha value is -3.67. The zero-order valence-corrected chi connectivity index (χ0v) is 32.5. The van der Waals surface area contributed by atoms with Gasteiger partial charge in [0.25, 0.3) is 0 Å². The predicted octanol–water partition coefficient (Wildman–Crippen LogP) is 11.4. The van der Waals surface area contributed by atoms with Gasteiger partial charge in [-0.3, -0.25) is 0 Å². The van der Waals surface area contributed by atoms with Gasteiger partial charge in [-0.1, -0.05) is 79.4 Å². The summed E-state index contributed by atoms with van der Waals surface area (Å²) in [5.74, 6) is 6.48. The Morgan fingerprint density at radius 1 is 0.702 bits per heavy atom. The molecule has 0 unspecified atom stereocenters. The summed E-state index contributed by atoms with van der Waals surface area (Å²) in [6.45, 7) is 3.82. The molecule has 8 aromatic rings. The summed E-state index contributed by atoms with van der Waals surface area (Å²) in [6.07, 6.45) is 3.85. The van der Waals surface area contributed by atoms with Crippen LogP contribution in [0.4, 0.5) is 0 Å². The largest absolute Gasteiger partial charge is 0 e. The van der Waals surface area contributed by atoms with E-state index in [9.17, 15) is 0 Å². The molecule has 0 saturated carbocycles. The van der Waals surface area contributed by atoms with E-state index in [4.69, 9.17) is 1.37 Å². The topological polar surface area (TPSA) is 25.8 Å². The van der Waals surface area contributed by atoms with Gasteiger partial charge in [0.15, 0.2) is 0 Å². The Morgan fingerprint density at radius 2 is 1.47 bits per heavy atom. The molecule has 3 heterocycles. The monoisotopic (exact) mass is 868 g/mol. The Kier molecular flexibility index (Phi) is 9.38. The number of aromatic nitrogens is 2.